The molecule has 0 aliphatic carbocycles. The van der Waals surface area contributed by atoms with Crippen LogP contribution in [-0.4, -0.2) is 78.5 Å². The number of hydrogen-bond donors (Lipinski definition) is 1. The van der Waals surface area contributed by atoms with Crippen LogP contribution in [0.15, 0.2) is 104 Å². The van der Waals surface area contributed by atoms with Gasteiger partial charge in [-0.3, -0.25) is 14.8 Å². The second-order valence-electron chi connectivity index (χ2n) is 11.6. The molecule has 1 aromatic heterocycles. The minimum atomic E-state index is -0.849. The number of aliphatic imine (C=N–C) groups is 1. The molecule has 1 unspecified atom stereocenters. The van der Waals surface area contributed by atoms with Crippen LogP contribution < -0.4 is 10.2 Å². The number of esters is 1. The van der Waals surface area contributed by atoms with Gasteiger partial charge in [0.05, 0.1) is 30.4 Å². The number of rotatable bonds is 8. The summed E-state index contributed by atoms with van der Waals surface area (Å²) in [6.07, 6.45) is 1.67. The number of amidine groups is 1. The predicted molar refractivity (Wildman–Crippen MR) is 186 cm³/mol. The van der Waals surface area contributed by atoms with Crippen molar-refractivity contribution in [1.29, 1.82) is 5.26 Å². The third kappa shape index (κ3) is 6.78. The maximum Gasteiger partial charge on any atom is 0.338 e. The molecule has 49 heavy (non-hydrogen) atoms. The number of anilines is 1. The molecule has 4 aromatic rings. The zero-order chi connectivity index (χ0) is 34.1. The van der Waals surface area contributed by atoms with E-state index in [1.165, 1.54) is 36.6 Å². The van der Waals surface area contributed by atoms with Gasteiger partial charge in [0.2, 0.25) is 0 Å². The number of benzene rings is 3. The zero-order valence-corrected chi connectivity index (χ0v) is 28.6. The highest BCUT2D eigenvalue weighted by molar-refractivity contribution is 7.99. The van der Waals surface area contributed by atoms with Crippen LogP contribution in [0.2, 0.25) is 5.02 Å². The van der Waals surface area contributed by atoms with E-state index < -0.39 is 17.8 Å². The minimum absolute atomic E-state index is 0.0355. The molecule has 3 aliphatic heterocycles. The summed E-state index contributed by atoms with van der Waals surface area (Å²) in [5.74, 6) is -0.590. The Morgan fingerprint density at radius 2 is 1.88 bits per heavy atom. The van der Waals surface area contributed by atoms with Crippen LogP contribution in [0.3, 0.4) is 0 Å². The molecular formula is C35H29ClFN7O3S2. The lowest BCUT2D eigenvalue weighted by molar-refractivity contribution is -0.136. The van der Waals surface area contributed by atoms with E-state index in [1.54, 1.807) is 30.1 Å². The van der Waals surface area contributed by atoms with Crippen molar-refractivity contribution >= 4 is 58.2 Å². The van der Waals surface area contributed by atoms with E-state index in [2.05, 4.69) is 21.3 Å². The number of amides is 2. The van der Waals surface area contributed by atoms with E-state index in [0.717, 1.165) is 15.5 Å². The summed E-state index contributed by atoms with van der Waals surface area (Å²) in [5, 5.41) is 15.0. The molecule has 0 saturated carbocycles. The molecule has 1 N–H and O–H groups in total. The summed E-state index contributed by atoms with van der Waals surface area (Å²) in [6, 6.07) is 20.6. The highest BCUT2D eigenvalue weighted by atomic mass is 35.5. The molecule has 2 saturated heterocycles. The highest BCUT2D eigenvalue weighted by Crippen LogP contribution is 2.37. The van der Waals surface area contributed by atoms with Crippen molar-refractivity contribution in [2.24, 2.45) is 4.99 Å². The molecule has 7 rings (SSSR count). The van der Waals surface area contributed by atoms with Crippen LogP contribution in [0.25, 0.3) is 0 Å². The van der Waals surface area contributed by atoms with Crippen molar-refractivity contribution < 1.29 is 18.7 Å². The molecule has 3 aliphatic rings. The Balaban J connectivity index is 1.10. The Hall–Kier alpha value is -4.74. The predicted octanol–water partition coefficient (Wildman–Crippen LogP) is 6.10. The Bertz CT molecular complexity index is 2000. The monoisotopic (exact) mass is 713 g/mol. The lowest BCUT2D eigenvalue weighted by atomic mass is 9.95. The maximum absolute atomic E-state index is 14.0. The van der Waals surface area contributed by atoms with E-state index >= 15 is 0 Å². The molecule has 2 amide bonds. The maximum atomic E-state index is 14.0. The van der Waals surface area contributed by atoms with Crippen LogP contribution in [0, 0.1) is 17.1 Å². The number of ether oxygens (including phenoxy) is 1. The van der Waals surface area contributed by atoms with E-state index in [4.69, 9.17) is 26.6 Å². The van der Waals surface area contributed by atoms with Gasteiger partial charge < -0.3 is 15.0 Å². The molecule has 10 nitrogen and oxygen atoms in total. The smallest absolute Gasteiger partial charge is 0.338 e. The fraction of sp³-hybridized carbons (Fsp3) is 0.229. The second kappa shape index (κ2) is 14.0. The van der Waals surface area contributed by atoms with Crippen LogP contribution in [0.4, 0.5) is 14.9 Å². The molecule has 248 valence electrons. The fourth-order valence-electron chi connectivity index (χ4n) is 6.25. The van der Waals surface area contributed by atoms with E-state index in [1.807, 2.05) is 51.6 Å². The number of nitriles is 1. The van der Waals surface area contributed by atoms with Gasteiger partial charge in [-0.15, -0.1) is 11.3 Å². The summed E-state index contributed by atoms with van der Waals surface area (Å²) in [6.45, 7) is 2.56. The fourth-order valence-corrected chi connectivity index (χ4v) is 7.93. The normalized spacial score (nSPS) is 19.3. The number of hydrogen-bond acceptors (Lipinski definition) is 10. The van der Waals surface area contributed by atoms with Crippen molar-refractivity contribution in [3.63, 3.8) is 0 Å². The summed E-state index contributed by atoms with van der Waals surface area (Å²) in [7, 11) is 1.31. The second-order valence-corrected chi connectivity index (χ2v) is 14.0. The van der Waals surface area contributed by atoms with Gasteiger partial charge in [0.1, 0.15) is 11.9 Å². The summed E-state index contributed by atoms with van der Waals surface area (Å²) >= 11 is 9.49. The van der Waals surface area contributed by atoms with E-state index in [9.17, 15) is 14.0 Å². The van der Waals surface area contributed by atoms with Crippen molar-refractivity contribution in [3.8, 4) is 6.07 Å². The summed E-state index contributed by atoms with van der Waals surface area (Å²) in [5.41, 5.74) is 2.78. The van der Waals surface area contributed by atoms with Gasteiger partial charge >= 0.3 is 12.0 Å². The first-order valence-corrected chi connectivity index (χ1v) is 17.5. The summed E-state index contributed by atoms with van der Waals surface area (Å²) in [4.78, 5) is 44.1. The molecular weight excluding hydrogens is 685 g/mol. The average molecular weight is 714 g/mol. The lowest BCUT2D eigenvalue weighted by Crippen LogP contribution is -2.53. The average Bonchev–Trinajstić information content (AvgIpc) is 3.77. The quantitative estimate of drug-likeness (QED) is 0.218. The number of aromatic nitrogens is 1. The number of nitrogens with one attached hydrogen (secondary N) is 1. The number of carbonyl (C=O) groups excluding carboxylic acids is 2. The number of piperazine rings is 1. The highest BCUT2D eigenvalue weighted by Gasteiger charge is 2.42. The van der Waals surface area contributed by atoms with Gasteiger partial charge in [0.25, 0.3) is 0 Å². The third-order valence-corrected chi connectivity index (χ3v) is 10.7. The number of urea groups is 1. The van der Waals surface area contributed by atoms with E-state index in [-0.39, 0.29) is 22.7 Å². The molecule has 14 heteroatoms. The molecule has 0 radical (unpaired) electrons. The van der Waals surface area contributed by atoms with Gasteiger partial charge in [-0.2, -0.15) is 5.26 Å². The van der Waals surface area contributed by atoms with Crippen molar-refractivity contribution in [2.75, 3.05) is 44.7 Å². The number of methoxy groups -OCH3 is 1. The SMILES string of the molecule is COC(=O)C1=C(CN2CCN3C(=O)N(c4ccc(Sc5ccc(C#N)cc5)cc4)C[C@@H]3C2)NC(c2nccs2)=NC1c1ccc(F)cc1Cl. The van der Waals surface area contributed by atoms with Gasteiger partial charge in [0.15, 0.2) is 10.8 Å². The Kier molecular flexibility index (Phi) is 9.38. The lowest BCUT2D eigenvalue weighted by Gasteiger charge is -2.38. The van der Waals surface area contributed by atoms with E-state index in [0.29, 0.717) is 60.4 Å². The van der Waals surface area contributed by atoms with Crippen LogP contribution in [0.1, 0.15) is 22.2 Å². The van der Waals surface area contributed by atoms with Crippen molar-refractivity contribution in [1.82, 2.24) is 20.1 Å². The molecule has 0 bridgehead atoms. The minimum Gasteiger partial charge on any atom is -0.466 e. The number of halogens is 2. The largest absolute Gasteiger partial charge is 0.466 e. The van der Waals surface area contributed by atoms with Crippen molar-refractivity contribution in [2.45, 2.75) is 21.9 Å². The number of fused-ring (bicyclic) bond motifs is 1. The standard InChI is InChI=1S/C35H29ClFN7O3S2/c1-47-34(45)30-29(40-32(33-39-12-15-48-33)41-31(30)27-11-4-22(37)16-28(27)36)20-42-13-14-43-24(18-42)19-44(35(43)46)23-5-9-26(10-6-23)49-25-7-2-21(17-38)3-8-25/h2-12,15-16,24,31H,13-14,18-20H2,1H3,(H,40,41)/t24-,31?/m0/s1. The zero-order valence-electron chi connectivity index (χ0n) is 26.2. The number of carbonyl (C=O) groups is 2. The molecule has 0 spiro atoms. The number of nitrogens with zero attached hydrogens (tertiary/aromatic N) is 6. The molecule has 2 atom stereocenters. The Morgan fingerprint density at radius 3 is 2.55 bits per heavy atom. The van der Waals surface area contributed by atoms with Crippen LogP contribution >= 0.6 is 34.7 Å². The van der Waals surface area contributed by atoms with Crippen molar-refractivity contribution in [3.05, 3.63) is 117 Å². The first-order valence-electron chi connectivity index (χ1n) is 15.4. The van der Waals surface area contributed by atoms with Gasteiger partial charge in [-0.25, -0.2) is 19.0 Å². The topological polar surface area (TPSA) is 114 Å². The van der Waals surface area contributed by atoms with Crippen LogP contribution in [-0.2, 0) is 9.53 Å². The van der Waals surface area contributed by atoms with Gasteiger partial charge in [-0.05, 0) is 60.7 Å². The van der Waals surface area contributed by atoms with Gasteiger partial charge in [-0.1, -0.05) is 29.4 Å². The van der Waals surface area contributed by atoms with Crippen LogP contribution in [0.5, 0.6) is 0 Å². The summed E-state index contributed by atoms with van der Waals surface area (Å²) < 4.78 is 19.2. The Labute approximate surface area is 295 Å². The third-order valence-electron chi connectivity index (χ3n) is 8.61. The Morgan fingerprint density at radius 1 is 1.12 bits per heavy atom. The first-order chi connectivity index (χ1) is 23.8. The first kappa shape index (κ1) is 32.8. The molecule has 4 heterocycles. The molecule has 3 aromatic carbocycles. The number of thiazole rings is 1. The molecule has 2 fully saturated rings. The van der Waals surface area contributed by atoms with Gasteiger partial charge in [0, 0.05) is 76.1 Å².